The summed E-state index contributed by atoms with van der Waals surface area (Å²) in [5, 5.41) is 3.11. The molecule has 0 bridgehead atoms. The van der Waals surface area contributed by atoms with Crippen LogP contribution in [0.5, 0.6) is 5.75 Å². The molecule has 0 unspecified atom stereocenters. The van der Waals surface area contributed by atoms with Crippen molar-refractivity contribution >= 4 is 22.5 Å². The standard InChI is InChI=1S/C21H21N3O5/c25-19(12-24-18-9-2-1-8-17(18)20(26)23-21(24)27)22-14-5-3-6-15(11-14)29-13-16-7-4-10-28-16/h1-3,5-6,8-9,11,16H,4,7,10,12-13H2,(H,22,25)(H,23,26,27)/t16-/m1/s1. The van der Waals surface area contributed by atoms with Crippen LogP contribution in [-0.4, -0.2) is 34.8 Å². The fourth-order valence-electron chi connectivity index (χ4n) is 3.37. The van der Waals surface area contributed by atoms with Gasteiger partial charge in [0.2, 0.25) is 5.91 Å². The maximum absolute atomic E-state index is 12.5. The van der Waals surface area contributed by atoms with Crippen LogP contribution in [0.2, 0.25) is 0 Å². The second kappa shape index (κ2) is 8.32. The van der Waals surface area contributed by atoms with E-state index in [0.29, 0.717) is 28.9 Å². The van der Waals surface area contributed by atoms with Gasteiger partial charge in [-0.2, -0.15) is 0 Å². The van der Waals surface area contributed by atoms with E-state index in [0.717, 1.165) is 19.4 Å². The molecule has 1 aliphatic heterocycles. The van der Waals surface area contributed by atoms with Gasteiger partial charge in [0.1, 0.15) is 18.9 Å². The average Bonchev–Trinajstić information content (AvgIpc) is 3.24. The number of carbonyl (C=O) groups is 1. The zero-order chi connectivity index (χ0) is 20.2. The first-order chi connectivity index (χ1) is 14.1. The molecule has 4 rings (SSSR count). The summed E-state index contributed by atoms with van der Waals surface area (Å²) < 4.78 is 12.5. The zero-order valence-electron chi connectivity index (χ0n) is 15.7. The number of H-pyrrole nitrogens is 1. The van der Waals surface area contributed by atoms with Gasteiger partial charge in [-0.3, -0.25) is 19.1 Å². The van der Waals surface area contributed by atoms with Gasteiger partial charge >= 0.3 is 5.69 Å². The van der Waals surface area contributed by atoms with Crippen molar-refractivity contribution in [2.24, 2.45) is 0 Å². The quantitative estimate of drug-likeness (QED) is 0.664. The molecule has 3 aromatic rings. The number of aromatic nitrogens is 2. The van der Waals surface area contributed by atoms with E-state index in [1.807, 2.05) is 6.07 Å². The molecule has 2 heterocycles. The predicted octanol–water partition coefficient (Wildman–Crippen LogP) is 1.89. The summed E-state index contributed by atoms with van der Waals surface area (Å²) in [6.07, 6.45) is 2.13. The Morgan fingerprint density at radius 3 is 2.90 bits per heavy atom. The third-order valence-corrected chi connectivity index (χ3v) is 4.78. The molecule has 0 radical (unpaired) electrons. The van der Waals surface area contributed by atoms with Crippen molar-refractivity contribution in [3.8, 4) is 5.75 Å². The fourth-order valence-corrected chi connectivity index (χ4v) is 3.37. The average molecular weight is 395 g/mol. The first-order valence-electron chi connectivity index (χ1n) is 9.46. The summed E-state index contributed by atoms with van der Waals surface area (Å²) >= 11 is 0. The van der Waals surface area contributed by atoms with Crippen molar-refractivity contribution in [2.75, 3.05) is 18.5 Å². The van der Waals surface area contributed by atoms with Crippen molar-refractivity contribution in [3.05, 3.63) is 69.4 Å². The molecule has 150 valence electrons. The lowest BCUT2D eigenvalue weighted by Crippen LogP contribution is -2.34. The molecule has 2 N–H and O–H groups in total. The Hall–Kier alpha value is -3.39. The molecular weight excluding hydrogens is 374 g/mol. The second-order valence-electron chi connectivity index (χ2n) is 6.88. The molecule has 1 aromatic heterocycles. The lowest BCUT2D eigenvalue weighted by Gasteiger charge is -2.13. The summed E-state index contributed by atoms with van der Waals surface area (Å²) in [5.74, 6) is 0.241. The topological polar surface area (TPSA) is 102 Å². The monoisotopic (exact) mass is 395 g/mol. The molecule has 1 fully saturated rings. The molecule has 1 saturated heterocycles. The molecule has 0 spiro atoms. The van der Waals surface area contributed by atoms with Crippen LogP contribution in [0.25, 0.3) is 10.9 Å². The van der Waals surface area contributed by atoms with E-state index in [9.17, 15) is 14.4 Å². The number of hydrogen-bond donors (Lipinski definition) is 2. The summed E-state index contributed by atoms with van der Waals surface area (Å²) in [6, 6.07) is 13.7. The Morgan fingerprint density at radius 2 is 2.07 bits per heavy atom. The van der Waals surface area contributed by atoms with Gasteiger partial charge in [-0.1, -0.05) is 18.2 Å². The molecule has 1 atom stereocenters. The van der Waals surface area contributed by atoms with Crippen LogP contribution in [0.3, 0.4) is 0 Å². The van der Waals surface area contributed by atoms with E-state index in [4.69, 9.17) is 9.47 Å². The third-order valence-electron chi connectivity index (χ3n) is 4.78. The maximum Gasteiger partial charge on any atom is 0.329 e. The summed E-state index contributed by atoms with van der Waals surface area (Å²) in [6.45, 7) is 1.01. The van der Waals surface area contributed by atoms with E-state index in [-0.39, 0.29) is 18.6 Å². The number of para-hydroxylation sites is 1. The number of carbonyl (C=O) groups excluding carboxylic acids is 1. The zero-order valence-corrected chi connectivity index (χ0v) is 15.7. The minimum atomic E-state index is -0.627. The molecule has 0 aliphatic carbocycles. The van der Waals surface area contributed by atoms with Crippen LogP contribution < -0.4 is 21.3 Å². The first kappa shape index (κ1) is 18.9. The van der Waals surface area contributed by atoms with Crippen molar-refractivity contribution in [2.45, 2.75) is 25.5 Å². The molecule has 29 heavy (non-hydrogen) atoms. The number of nitrogens with one attached hydrogen (secondary N) is 2. The minimum Gasteiger partial charge on any atom is -0.491 e. The van der Waals surface area contributed by atoms with Gasteiger partial charge < -0.3 is 14.8 Å². The van der Waals surface area contributed by atoms with Crippen LogP contribution >= 0.6 is 0 Å². The number of ether oxygens (including phenoxy) is 2. The van der Waals surface area contributed by atoms with Gasteiger partial charge in [-0.05, 0) is 37.1 Å². The van der Waals surface area contributed by atoms with Crippen molar-refractivity contribution in [1.29, 1.82) is 0 Å². The smallest absolute Gasteiger partial charge is 0.329 e. The molecule has 8 nitrogen and oxygen atoms in total. The number of aromatic amines is 1. The Labute approximate surface area is 166 Å². The second-order valence-corrected chi connectivity index (χ2v) is 6.88. The van der Waals surface area contributed by atoms with Gasteiger partial charge in [0, 0.05) is 18.4 Å². The molecule has 1 aliphatic rings. The fraction of sp³-hybridized carbons (Fsp3) is 0.286. The summed E-state index contributed by atoms with van der Waals surface area (Å²) in [4.78, 5) is 38.9. The molecule has 2 aromatic carbocycles. The maximum atomic E-state index is 12.5. The molecule has 8 heteroatoms. The number of benzene rings is 2. The Bertz CT molecular complexity index is 1140. The first-order valence-corrected chi connectivity index (χ1v) is 9.46. The highest BCUT2D eigenvalue weighted by Gasteiger charge is 2.16. The predicted molar refractivity (Wildman–Crippen MR) is 108 cm³/mol. The van der Waals surface area contributed by atoms with Crippen LogP contribution in [0, 0.1) is 0 Å². The molecule has 1 amide bonds. The Kier molecular flexibility index (Phi) is 5.44. The van der Waals surface area contributed by atoms with Gasteiger partial charge in [-0.15, -0.1) is 0 Å². The lowest BCUT2D eigenvalue weighted by atomic mass is 10.2. The Balaban J connectivity index is 1.46. The minimum absolute atomic E-state index is 0.105. The van der Waals surface area contributed by atoms with Crippen LogP contribution in [0.4, 0.5) is 5.69 Å². The SMILES string of the molecule is O=C(Cn1c(=O)[nH]c(=O)c2ccccc21)Nc1cccc(OC[C@H]2CCCO2)c1. The van der Waals surface area contributed by atoms with Crippen molar-refractivity contribution in [1.82, 2.24) is 9.55 Å². The number of rotatable bonds is 6. The van der Waals surface area contributed by atoms with Crippen LogP contribution in [0.15, 0.2) is 58.1 Å². The van der Waals surface area contributed by atoms with Crippen molar-refractivity contribution < 1.29 is 14.3 Å². The van der Waals surface area contributed by atoms with Crippen molar-refractivity contribution in [3.63, 3.8) is 0 Å². The van der Waals surface area contributed by atoms with Gasteiger partial charge in [0.05, 0.1) is 17.0 Å². The van der Waals surface area contributed by atoms with E-state index >= 15 is 0 Å². The number of nitrogens with zero attached hydrogens (tertiary/aromatic N) is 1. The highest BCUT2D eigenvalue weighted by atomic mass is 16.5. The van der Waals surface area contributed by atoms with Gasteiger partial charge in [0.25, 0.3) is 5.56 Å². The summed E-state index contributed by atoms with van der Waals surface area (Å²) in [7, 11) is 0. The lowest BCUT2D eigenvalue weighted by molar-refractivity contribution is -0.116. The molecular formula is C21H21N3O5. The number of fused-ring (bicyclic) bond motifs is 1. The van der Waals surface area contributed by atoms with E-state index in [1.165, 1.54) is 4.57 Å². The van der Waals surface area contributed by atoms with Crippen LogP contribution in [-0.2, 0) is 16.1 Å². The highest BCUT2D eigenvalue weighted by Crippen LogP contribution is 2.20. The van der Waals surface area contributed by atoms with Gasteiger partial charge in [0.15, 0.2) is 0 Å². The molecule has 0 saturated carbocycles. The normalized spacial score (nSPS) is 16.1. The van der Waals surface area contributed by atoms with E-state index < -0.39 is 11.2 Å². The third kappa shape index (κ3) is 4.38. The van der Waals surface area contributed by atoms with Gasteiger partial charge in [-0.25, -0.2) is 4.79 Å². The number of amides is 1. The van der Waals surface area contributed by atoms with E-state index in [1.54, 1.807) is 42.5 Å². The number of hydrogen-bond acceptors (Lipinski definition) is 5. The Morgan fingerprint density at radius 1 is 1.21 bits per heavy atom. The highest BCUT2D eigenvalue weighted by molar-refractivity contribution is 5.91. The number of anilines is 1. The van der Waals surface area contributed by atoms with E-state index in [2.05, 4.69) is 10.3 Å². The van der Waals surface area contributed by atoms with Crippen LogP contribution in [0.1, 0.15) is 12.8 Å². The largest absolute Gasteiger partial charge is 0.491 e. The summed E-state index contributed by atoms with van der Waals surface area (Å²) in [5.41, 5.74) is -0.137.